The van der Waals surface area contributed by atoms with E-state index in [0.29, 0.717) is 0 Å². The van der Waals surface area contributed by atoms with Gasteiger partial charge in [0, 0.05) is 43.9 Å². The minimum absolute atomic E-state index is 0.734. The van der Waals surface area contributed by atoms with Crippen LogP contribution in [0.3, 0.4) is 0 Å². The minimum atomic E-state index is -2.90. The molecule has 12 rings (SSSR count). The van der Waals surface area contributed by atoms with Crippen molar-refractivity contribution in [3.8, 4) is 39.5 Å². The Balaban J connectivity index is 1.17. The fourth-order valence-electron chi connectivity index (χ4n) is 9.45. The van der Waals surface area contributed by atoms with Crippen molar-refractivity contribution in [3.05, 3.63) is 200 Å². The predicted octanol–water partition coefficient (Wildman–Crippen LogP) is 10.2. The first-order chi connectivity index (χ1) is 28.3. The average Bonchev–Trinajstić information content (AvgIpc) is 3.92. The molecule has 0 aliphatic carbocycles. The third-order valence-electron chi connectivity index (χ3n) is 11.9. The zero-order valence-electron chi connectivity index (χ0n) is 30.8. The quantitative estimate of drug-likeness (QED) is 0.165. The van der Waals surface area contributed by atoms with Gasteiger partial charge in [-0.25, -0.2) is 9.97 Å². The van der Waals surface area contributed by atoms with Gasteiger partial charge in [0.05, 0.1) is 22.0 Å². The largest absolute Gasteiger partial charge is 0.456 e. The highest BCUT2D eigenvalue weighted by molar-refractivity contribution is 7.21. The molecule has 0 amide bonds. The average molecular weight is 744 g/mol. The summed E-state index contributed by atoms with van der Waals surface area (Å²) < 4.78 is 8.78. The summed E-state index contributed by atoms with van der Waals surface area (Å²) in [5, 5.41) is 9.66. The summed E-state index contributed by atoms with van der Waals surface area (Å²) in [5.41, 5.74) is 10.5. The summed E-state index contributed by atoms with van der Waals surface area (Å²) >= 11 is 0. The number of hydrogen-bond donors (Lipinski definition) is 0. The van der Waals surface area contributed by atoms with Crippen molar-refractivity contribution in [1.29, 1.82) is 0 Å². The molecule has 1 aliphatic heterocycles. The van der Waals surface area contributed by atoms with Crippen LogP contribution in [0, 0.1) is 0 Å². The van der Waals surface area contributed by atoms with E-state index in [-0.39, 0.29) is 0 Å². The third kappa shape index (κ3) is 4.61. The molecule has 0 radical (unpaired) electrons. The van der Waals surface area contributed by atoms with Gasteiger partial charge in [-0.3, -0.25) is 0 Å². The Hall–Kier alpha value is -7.34. The highest BCUT2D eigenvalue weighted by Crippen LogP contribution is 2.40. The Morgan fingerprint density at radius 3 is 1.88 bits per heavy atom. The smallest absolute Gasteiger partial charge is 0.203 e. The Morgan fingerprint density at radius 2 is 1.09 bits per heavy atom. The van der Waals surface area contributed by atoms with Gasteiger partial charge < -0.3 is 8.98 Å². The van der Waals surface area contributed by atoms with Gasteiger partial charge in [0.1, 0.15) is 11.2 Å². The molecule has 8 aromatic carbocycles. The zero-order chi connectivity index (χ0) is 37.5. The topological polar surface area (TPSA) is 43.9 Å². The van der Waals surface area contributed by atoms with Crippen molar-refractivity contribution in [3.63, 3.8) is 0 Å². The number of hydrogen-bond acceptors (Lipinski definition) is 3. The Labute approximate surface area is 330 Å². The van der Waals surface area contributed by atoms with Gasteiger partial charge in [0.15, 0.2) is 5.82 Å². The highest BCUT2D eigenvalue weighted by atomic mass is 28.3. The lowest BCUT2D eigenvalue weighted by Crippen LogP contribution is -2.73. The number of rotatable bonds is 5. The van der Waals surface area contributed by atoms with Crippen LogP contribution in [-0.4, -0.2) is 22.6 Å². The second-order valence-electron chi connectivity index (χ2n) is 14.9. The summed E-state index contributed by atoms with van der Waals surface area (Å²) in [5.74, 6) is 0.734. The van der Waals surface area contributed by atoms with Crippen molar-refractivity contribution < 1.29 is 4.42 Å². The lowest BCUT2D eigenvalue weighted by Gasteiger charge is -2.30. The maximum absolute atomic E-state index is 6.38. The summed E-state index contributed by atoms with van der Waals surface area (Å²) in [6, 6.07) is 71.9. The van der Waals surface area contributed by atoms with Crippen LogP contribution in [0.1, 0.15) is 0 Å². The van der Waals surface area contributed by atoms with E-state index < -0.39 is 8.07 Å². The second-order valence-corrected chi connectivity index (χ2v) is 18.5. The van der Waals surface area contributed by atoms with Crippen molar-refractivity contribution in [2.24, 2.45) is 0 Å². The molecule has 266 valence electrons. The summed E-state index contributed by atoms with van der Waals surface area (Å²) in [6.45, 7) is 0. The normalized spacial score (nSPS) is 13.1. The molecule has 4 heterocycles. The molecule has 4 nitrogen and oxygen atoms in total. The fraction of sp³-hybridized carbons (Fsp3) is 0. The van der Waals surface area contributed by atoms with E-state index in [1.165, 1.54) is 26.5 Å². The molecule has 0 bridgehead atoms. The van der Waals surface area contributed by atoms with Gasteiger partial charge >= 0.3 is 0 Å². The van der Waals surface area contributed by atoms with E-state index in [0.717, 1.165) is 77.6 Å². The van der Waals surface area contributed by atoms with Crippen LogP contribution in [0.25, 0.3) is 83.2 Å². The van der Waals surface area contributed by atoms with E-state index in [1.54, 1.807) is 0 Å². The molecular weight excluding hydrogens is 711 g/mol. The third-order valence-corrected chi connectivity index (χ3v) is 16.6. The van der Waals surface area contributed by atoms with E-state index in [1.807, 2.05) is 12.1 Å². The lowest BCUT2D eigenvalue weighted by atomic mass is 10.00. The first kappa shape index (κ1) is 32.0. The van der Waals surface area contributed by atoms with Gasteiger partial charge in [0.2, 0.25) is 8.07 Å². The van der Waals surface area contributed by atoms with Gasteiger partial charge in [-0.2, -0.15) is 0 Å². The number of aromatic nitrogens is 3. The van der Waals surface area contributed by atoms with Crippen LogP contribution >= 0.6 is 0 Å². The maximum atomic E-state index is 6.38. The van der Waals surface area contributed by atoms with Crippen LogP contribution in [0.4, 0.5) is 0 Å². The summed E-state index contributed by atoms with van der Waals surface area (Å²) in [6.07, 6.45) is 0. The summed E-state index contributed by atoms with van der Waals surface area (Å²) in [7, 11) is -2.90. The van der Waals surface area contributed by atoms with Crippen molar-refractivity contribution >= 4 is 72.7 Å². The Morgan fingerprint density at radius 1 is 0.439 bits per heavy atom. The van der Waals surface area contributed by atoms with E-state index in [4.69, 9.17) is 14.4 Å². The standard InChI is InChI=1S/C52H33N3OSi/c1-4-17-34(18-5-1)51-53-50(49-41-27-12-15-30-48(41)57(52(49)54-51,37-21-6-2-7-22-37)38-23-8-3-9-24-38)35-19-16-20-36(31-35)55-44-28-13-10-25-39(44)42-33-47-43(32-45(42)55)40-26-11-14-29-46(40)56-47/h1-33H. The van der Waals surface area contributed by atoms with Crippen LogP contribution in [-0.2, 0) is 0 Å². The van der Waals surface area contributed by atoms with E-state index in [9.17, 15) is 0 Å². The molecule has 5 heteroatoms. The van der Waals surface area contributed by atoms with Crippen molar-refractivity contribution in [1.82, 2.24) is 14.5 Å². The van der Waals surface area contributed by atoms with Gasteiger partial charge in [-0.1, -0.05) is 164 Å². The van der Waals surface area contributed by atoms with E-state index in [2.05, 4.69) is 193 Å². The molecular formula is C52H33N3OSi. The molecule has 0 N–H and O–H groups in total. The molecule has 0 atom stereocenters. The SMILES string of the molecule is c1ccc(-c2nc(-c3cccc(-n4c5ccccc5c5cc6oc7ccccc7c6cc54)c3)c3c(n2)[Si](c2ccccc2)(c2ccccc2)c2ccccc2-3)cc1. The van der Waals surface area contributed by atoms with Crippen LogP contribution in [0.15, 0.2) is 205 Å². The fourth-order valence-corrected chi connectivity index (χ4v) is 14.5. The monoisotopic (exact) mass is 743 g/mol. The van der Waals surface area contributed by atoms with E-state index >= 15 is 0 Å². The van der Waals surface area contributed by atoms with Crippen molar-refractivity contribution in [2.45, 2.75) is 0 Å². The highest BCUT2D eigenvalue weighted by Gasteiger charge is 2.51. The molecule has 57 heavy (non-hydrogen) atoms. The van der Waals surface area contributed by atoms with Gasteiger partial charge in [-0.05, 0) is 57.5 Å². The van der Waals surface area contributed by atoms with Crippen LogP contribution in [0.2, 0.25) is 0 Å². The summed E-state index contributed by atoms with van der Waals surface area (Å²) in [4.78, 5) is 11.2. The maximum Gasteiger partial charge on any atom is 0.203 e. The number of benzene rings is 8. The number of para-hydroxylation sites is 2. The van der Waals surface area contributed by atoms with Gasteiger partial charge in [0.25, 0.3) is 0 Å². The molecule has 3 aromatic heterocycles. The van der Waals surface area contributed by atoms with Crippen LogP contribution in [0.5, 0.6) is 0 Å². The predicted molar refractivity (Wildman–Crippen MR) is 237 cm³/mol. The number of fused-ring (bicyclic) bond motifs is 9. The molecule has 0 saturated heterocycles. The molecule has 0 unspecified atom stereocenters. The van der Waals surface area contributed by atoms with Gasteiger partial charge in [-0.15, -0.1) is 0 Å². The number of furan rings is 1. The first-order valence-corrected chi connectivity index (χ1v) is 21.4. The molecule has 0 spiro atoms. The Bertz CT molecular complexity index is 3310. The molecule has 11 aromatic rings. The molecule has 0 fully saturated rings. The molecule has 0 saturated carbocycles. The Kier molecular flexibility index (Phi) is 6.91. The second kappa shape index (κ2) is 12.3. The lowest BCUT2D eigenvalue weighted by molar-refractivity contribution is 0.669. The van der Waals surface area contributed by atoms with Crippen LogP contribution < -0.4 is 20.9 Å². The molecule has 1 aliphatic rings. The first-order valence-electron chi connectivity index (χ1n) is 19.4. The number of nitrogens with zero attached hydrogens (tertiary/aromatic N) is 3. The zero-order valence-corrected chi connectivity index (χ0v) is 31.8. The van der Waals surface area contributed by atoms with Crippen molar-refractivity contribution in [2.75, 3.05) is 0 Å². The minimum Gasteiger partial charge on any atom is -0.456 e.